The number of nitriles is 1. The maximum Gasteiger partial charge on any atom is 0.119 e. The molecule has 0 radical (unpaired) electrons. The first-order valence-corrected chi connectivity index (χ1v) is 5.55. The molecule has 0 amide bonds. The van der Waals surface area contributed by atoms with Crippen LogP contribution in [0.2, 0.25) is 0 Å². The van der Waals surface area contributed by atoms with Gasteiger partial charge in [-0.25, -0.2) is 0 Å². The van der Waals surface area contributed by atoms with E-state index in [1.807, 2.05) is 31.2 Å². The molecular formula is C13H17NO2. The van der Waals surface area contributed by atoms with E-state index >= 15 is 0 Å². The van der Waals surface area contributed by atoms with Gasteiger partial charge >= 0.3 is 0 Å². The van der Waals surface area contributed by atoms with Crippen molar-refractivity contribution in [3.63, 3.8) is 0 Å². The molecular weight excluding hydrogens is 202 g/mol. The Balaban J connectivity index is 2.43. The predicted octanol–water partition coefficient (Wildman–Crippen LogP) is 2.81. The summed E-state index contributed by atoms with van der Waals surface area (Å²) in [4.78, 5) is 0. The number of rotatable bonds is 6. The van der Waals surface area contributed by atoms with Crippen molar-refractivity contribution in [3.05, 3.63) is 29.8 Å². The minimum absolute atomic E-state index is 0.396. The van der Waals surface area contributed by atoms with Gasteiger partial charge in [-0.2, -0.15) is 5.26 Å². The molecule has 1 N–H and O–H groups in total. The van der Waals surface area contributed by atoms with Crippen molar-refractivity contribution in [2.24, 2.45) is 0 Å². The molecule has 0 fully saturated rings. The Morgan fingerprint density at radius 3 is 2.62 bits per heavy atom. The minimum Gasteiger partial charge on any atom is -0.494 e. The third kappa shape index (κ3) is 3.92. The third-order valence-corrected chi connectivity index (χ3v) is 2.35. The van der Waals surface area contributed by atoms with E-state index in [2.05, 4.69) is 6.07 Å². The fraction of sp³-hybridized carbons (Fsp3) is 0.462. The highest BCUT2D eigenvalue weighted by molar-refractivity contribution is 5.28. The zero-order valence-electron chi connectivity index (χ0n) is 9.52. The number of hydrogen-bond donors (Lipinski definition) is 1. The van der Waals surface area contributed by atoms with Crippen LogP contribution in [-0.2, 0) is 0 Å². The van der Waals surface area contributed by atoms with Crippen LogP contribution in [0.5, 0.6) is 5.75 Å². The van der Waals surface area contributed by atoms with E-state index in [0.717, 1.165) is 17.7 Å². The van der Waals surface area contributed by atoms with Gasteiger partial charge in [0, 0.05) is 6.42 Å². The molecule has 0 spiro atoms. The molecule has 1 rings (SSSR count). The van der Waals surface area contributed by atoms with E-state index < -0.39 is 6.10 Å². The van der Waals surface area contributed by atoms with Gasteiger partial charge in [-0.15, -0.1) is 0 Å². The molecule has 16 heavy (non-hydrogen) atoms. The van der Waals surface area contributed by atoms with E-state index in [0.29, 0.717) is 19.4 Å². The molecule has 86 valence electrons. The van der Waals surface area contributed by atoms with Gasteiger partial charge in [0.05, 0.1) is 18.8 Å². The highest BCUT2D eigenvalue weighted by atomic mass is 16.5. The molecule has 3 nitrogen and oxygen atoms in total. The largest absolute Gasteiger partial charge is 0.494 e. The number of aliphatic hydroxyl groups is 1. The zero-order valence-corrected chi connectivity index (χ0v) is 9.52. The van der Waals surface area contributed by atoms with Crippen LogP contribution < -0.4 is 4.74 Å². The summed E-state index contributed by atoms with van der Waals surface area (Å²) in [6.45, 7) is 2.50. The lowest BCUT2D eigenvalue weighted by Crippen LogP contribution is -1.98. The van der Waals surface area contributed by atoms with Crippen LogP contribution >= 0.6 is 0 Å². The number of benzene rings is 1. The van der Waals surface area contributed by atoms with E-state index in [4.69, 9.17) is 10.00 Å². The second-order valence-electron chi connectivity index (χ2n) is 3.60. The molecule has 1 aromatic rings. The molecule has 1 aromatic carbocycles. The van der Waals surface area contributed by atoms with Crippen molar-refractivity contribution in [2.45, 2.75) is 32.3 Å². The highest BCUT2D eigenvalue weighted by Gasteiger charge is 2.03. The summed E-state index contributed by atoms with van der Waals surface area (Å²) in [5.74, 6) is 0.782. The molecule has 0 aliphatic rings. The number of hydrogen-bond acceptors (Lipinski definition) is 3. The van der Waals surface area contributed by atoms with Crippen LogP contribution in [0.25, 0.3) is 0 Å². The Morgan fingerprint density at radius 2 is 2.06 bits per heavy atom. The van der Waals surface area contributed by atoms with Gasteiger partial charge in [0.2, 0.25) is 0 Å². The second-order valence-corrected chi connectivity index (χ2v) is 3.60. The van der Waals surface area contributed by atoms with E-state index in [-0.39, 0.29) is 0 Å². The van der Waals surface area contributed by atoms with Gasteiger partial charge in [0.15, 0.2) is 0 Å². The second kappa shape index (κ2) is 6.86. The summed E-state index contributed by atoms with van der Waals surface area (Å²) in [7, 11) is 0. The van der Waals surface area contributed by atoms with Crippen molar-refractivity contribution in [3.8, 4) is 11.8 Å². The lowest BCUT2D eigenvalue weighted by molar-refractivity contribution is 0.173. The first kappa shape index (κ1) is 12.5. The van der Waals surface area contributed by atoms with Crippen LogP contribution in [-0.4, -0.2) is 11.7 Å². The fourth-order valence-corrected chi connectivity index (χ4v) is 1.36. The van der Waals surface area contributed by atoms with Gasteiger partial charge in [0.25, 0.3) is 0 Å². The maximum absolute atomic E-state index is 9.59. The summed E-state index contributed by atoms with van der Waals surface area (Å²) in [5, 5.41) is 17.9. The van der Waals surface area contributed by atoms with Crippen molar-refractivity contribution in [1.29, 1.82) is 5.26 Å². The maximum atomic E-state index is 9.59. The van der Waals surface area contributed by atoms with E-state index in [1.165, 1.54) is 0 Å². The number of aliphatic hydroxyl groups excluding tert-OH is 1. The summed E-state index contributed by atoms with van der Waals surface area (Å²) in [6, 6.07) is 9.51. The molecule has 0 bridgehead atoms. The lowest BCUT2D eigenvalue weighted by Gasteiger charge is -2.09. The molecule has 1 unspecified atom stereocenters. The Hall–Kier alpha value is -1.53. The summed E-state index contributed by atoms with van der Waals surface area (Å²) in [5.41, 5.74) is 0.909. The summed E-state index contributed by atoms with van der Waals surface area (Å²) >= 11 is 0. The smallest absolute Gasteiger partial charge is 0.119 e. The quantitative estimate of drug-likeness (QED) is 0.748. The van der Waals surface area contributed by atoms with Gasteiger partial charge < -0.3 is 9.84 Å². The van der Waals surface area contributed by atoms with E-state index in [9.17, 15) is 5.11 Å². The highest BCUT2D eigenvalue weighted by Crippen LogP contribution is 2.19. The zero-order chi connectivity index (χ0) is 11.8. The molecule has 0 saturated heterocycles. The lowest BCUT2D eigenvalue weighted by atomic mass is 10.1. The van der Waals surface area contributed by atoms with Crippen LogP contribution in [0, 0.1) is 11.3 Å². The van der Waals surface area contributed by atoms with Crippen LogP contribution in [0.15, 0.2) is 24.3 Å². The average molecular weight is 219 g/mol. The topological polar surface area (TPSA) is 53.2 Å². The first-order chi connectivity index (χ1) is 7.77. The molecule has 0 aliphatic carbocycles. The predicted molar refractivity (Wildman–Crippen MR) is 62.0 cm³/mol. The third-order valence-electron chi connectivity index (χ3n) is 2.35. The molecule has 0 saturated carbocycles. The van der Waals surface area contributed by atoms with Gasteiger partial charge in [-0.05, 0) is 30.5 Å². The summed E-state index contributed by atoms with van der Waals surface area (Å²) in [6.07, 6.45) is 1.58. The first-order valence-electron chi connectivity index (χ1n) is 5.55. The summed E-state index contributed by atoms with van der Waals surface area (Å²) < 4.78 is 5.44. The van der Waals surface area contributed by atoms with Gasteiger partial charge in [-0.1, -0.05) is 19.1 Å². The average Bonchev–Trinajstić information content (AvgIpc) is 2.34. The van der Waals surface area contributed by atoms with Gasteiger partial charge in [0.1, 0.15) is 5.75 Å². The Kier molecular flexibility index (Phi) is 5.38. The molecule has 0 aromatic heterocycles. The van der Waals surface area contributed by atoms with E-state index in [1.54, 1.807) is 0 Å². The van der Waals surface area contributed by atoms with Crippen LogP contribution in [0.3, 0.4) is 0 Å². The molecule has 3 heteroatoms. The minimum atomic E-state index is -0.396. The molecule has 0 aliphatic heterocycles. The standard InChI is InChI=1S/C13H17NO2/c1-2-13(15)11-5-7-12(8-6-11)16-10-4-3-9-14/h5-8,13,15H,2-4,10H2,1H3. The molecule has 1 atom stereocenters. The van der Waals surface area contributed by atoms with Gasteiger partial charge in [-0.3, -0.25) is 0 Å². The van der Waals surface area contributed by atoms with Crippen molar-refractivity contribution in [1.82, 2.24) is 0 Å². The number of unbranched alkanes of at least 4 members (excludes halogenated alkanes) is 1. The Labute approximate surface area is 96.3 Å². The molecule has 0 heterocycles. The SMILES string of the molecule is CCC(O)c1ccc(OCCCC#N)cc1. The van der Waals surface area contributed by atoms with Crippen molar-refractivity contribution < 1.29 is 9.84 Å². The van der Waals surface area contributed by atoms with Crippen molar-refractivity contribution in [2.75, 3.05) is 6.61 Å². The Bertz CT molecular complexity index is 340. The fourth-order valence-electron chi connectivity index (χ4n) is 1.36. The normalized spacial score (nSPS) is 11.8. The monoisotopic (exact) mass is 219 g/mol. The van der Waals surface area contributed by atoms with Crippen molar-refractivity contribution >= 4 is 0 Å². The van der Waals surface area contributed by atoms with Crippen LogP contribution in [0.1, 0.15) is 37.9 Å². The number of ether oxygens (including phenoxy) is 1. The Morgan fingerprint density at radius 1 is 1.38 bits per heavy atom. The van der Waals surface area contributed by atoms with Crippen LogP contribution in [0.4, 0.5) is 0 Å². The number of nitrogens with zero attached hydrogens (tertiary/aromatic N) is 1.